The number of benzene rings is 1. The van der Waals surface area contributed by atoms with Crippen molar-refractivity contribution in [2.24, 2.45) is 0 Å². The molecule has 1 unspecified atom stereocenters. The van der Waals surface area contributed by atoms with Crippen LogP contribution in [0.25, 0.3) is 0 Å². The molecular formula is C13H19Cl2NO2. The Balaban J connectivity index is 0.00000162. The van der Waals surface area contributed by atoms with Gasteiger partial charge >= 0.3 is 0 Å². The number of methoxy groups -OCH3 is 1. The summed E-state index contributed by atoms with van der Waals surface area (Å²) in [6.07, 6.45) is 2.72. The summed E-state index contributed by atoms with van der Waals surface area (Å²) >= 11 is 6.06. The predicted octanol–water partition coefficient (Wildman–Crippen LogP) is 3.04. The van der Waals surface area contributed by atoms with E-state index in [9.17, 15) is 0 Å². The first-order valence-corrected chi connectivity index (χ1v) is 6.32. The first-order chi connectivity index (χ1) is 8.29. The molecule has 1 aromatic rings. The quantitative estimate of drug-likeness (QED) is 0.905. The van der Waals surface area contributed by atoms with Crippen molar-refractivity contribution in [2.45, 2.75) is 25.5 Å². The van der Waals surface area contributed by atoms with Crippen LogP contribution in [-0.4, -0.2) is 26.4 Å². The van der Waals surface area contributed by atoms with Gasteiger partial charge in [-0.3, -0.25) is 0 Å². The van der Waals surface area contributed by atoms with Gasteiger partial charge in [-0.25, -0.2) is 0 Å². The maximum Gasteiger partial charge on any atom is 0.137 e. The van der Waals surface area contributed by atoms with Crippen LogP contribution >= 0.6 is 24.0 Å². The second-order valence-corrected chi connectivity index (χ2v) is 4.64. The van der Waals surface area contributed by atoms with Crippen molar-refractivity contribution in [1.29, 1.82) is 0 Å². The number of rotatable bonds is 5. The van der Waals surface area contributed by atoms with E-state index >= 15 is 0 Å². The third-order valence-corrected chi connectivity index (χ3v) is 3.24. The van der Waals surface area contributed by atoms with E-state index in [1.165, 1.54) is 6.42 Å². The highest BCUT2D eigenvalue weighted by Gasteiger charge is 2.14. The minimum Gasteiger partial charge on any atom is -0.495 e. The van der Waals surface area contributed by atoms with Gasteiger partial charge in [-0.15, -0.1) is 12.4 Å². The summed E-state index contributed by atoms with van der Waals surface area (Å²) in [4.78, 5) is 0. The Bertz CT molecular complexity index is 368. The third-order valence-electron chi connectivity index (χ3n) is 2.94. The van der Waals surface area contributed by atoms with E-state index in [4.69, 9.17) is 21.1 Å². The first kappa shape index (κ1) is 15.6. The van der Waals surface area contributed by atoms with Crippen LogP contribution in [-0.2, 0) is 11.3 Å². The summed E-state index contributed by atoms with van der Waals surface area (Å²) in [6, 6.07) is 5.85. The normalized spacial score (nSPS) is 18.4. The molecule has 0 radical (unpaired) electrons. The number of hydrogen-bond acceptors (Lipinski definition) is 3. The van der Waals surface area contributed by atoms with E-state index in [0.29, 0.717) is 11.1 Å². The molecule has 1 aliphatic rings. The minimum absolute atomic E-state index is 0. The molecule has 18 heavy (non-hydrogen) atoms. The van der Waals surface area contributed by atoms with E-state index in [1.54, 1.807) is 7.11 Å². The maximum absolute atomic E-state index is 6.06. The molecule has 102 valence electrons. The average molecular weight is 292 g/mol. The van der Waals surface area contributed by atoms with Crippen LogP contribution in [0.15, 0.2) is 18.2 Å². The monoisotopic (exact) mass is 291 g/mol. The van der Waals surface area contributed by atoms with E-state index in [1.807, 2.05) is 18.2 Å². The summed E-state index contributed by atoms with van der Waals surface area (Å²) < 4.78 is 10.7. The molecule has 3 nitrogen and oxygen atoms in total. The standard InChI is InChI=1S/C13H18ClNO2.ClH/c1-16-13-5-4-10(7-12(13)14)8-15-9-11-3-2-6-17-11;/h4-5,7,11,15H,2-3,6,8-9H2,1H3;1H. The fourth-order valence-corrected chi connectivity index (χ4v) is 2.28. The fourth-order valence-electron chi connectivity index (χ4n) is 2.00. The van der Waals surface area contributed by atoms with Crippen molar-refractivity contribution in [2.75, 3.05) is 20.3 Å². The van der Waals surface area contributed by atoms with Crippen molar-refractivity contribution in [1.82, 2.24) is 5.32 Å². The molecule has 0 amide bonds. The van der Waals surface area contributed by atoms with Crippen molar-refractivity contribution in [3.63, 3.8) is 0 Å². The van der Waals surface area contributed by atoms with Crippen molar-refractivity contribution >= 4 is 24.0 Å². The Hall–Kier alpha value is -0.480. The van der Waals surface area contributed by atoms with E-state index in [2.05, 4.69) is 5.32 Å². The highest BCUT2D eigenvalue weighted by Crippen LogP contribution is 2.24. The van der Waals surface area contributed by atoms with Gasteiger partial charge in [0.15, 0.2) is 0 Å². The van der Waals surface area contributed by atoms with Gasteiger partial charge in [0.2, 0.25) is 0 Å². The van der Waals surface area contributed by atoms with Crippen LogP contribution in [0.1, 0.15) is 18.4 Å². The van der Waals surface area contributed by atoms with Gasteiger partial charge in [-0.2, -0.15) is 0 Å². The maximum atomic E-state index is 6.06. The highest BCUT2D eigenvalue weighted by atomic mass is 35.5. The van der Waals surface area contributed by atoms with Gasteiger partial charge in [-0.1, -0.05) is 17.7 Å². The summed E-state index contributed by atoms with van der Waals surface area (Å²) in [6.45, 7) is 2.62. The Morgan fingerprint density at radius 1 is 1.50 bits per heavy atom. The first-order valence-electron chi connectivity index (χ1n) is 5.94. The average Bonchev–Trinajstić information content (AvgIpc) is 2.82. The molecule has 5 heteroatoms. The lowest BCUT2D eigenvalue weighted by molar-refractivity contribution is 0.110. The van der Waals surface area contributed by atoms with Crippen molar-refractivity contribution < 1.29 is 9.47 Å². The molecule has 1 atom stereocenters. The molecule has 1 saturated heterocycles. The van der Waals surface area contributed by atoms with E-state index in [-0.39, 0.29) is 12.4 Å². The SMILES string of the molecule is COc1ccc(CNCC2CCCO2)cc1Cl.Cl. The molecule has 1 aliphatic heterocycles. The molecule has 1 aromatic carbocycles. The molecule has 1 fully saturated rings. The molecule has 0 aromatic heterocycles. The minimum atomic E-state index is 0. The molecule has 2 rings (SSSR count). The molecule has 0 bridgehead atoms. The fraction of sp³-hybridized carbons (Fsp3) is 0.538. The van der Waals surface area contributed by atoms with Crippen LogP contribution in [0, 0.1) is 0 Å². The second kappa shape index (κ2) is 7.85. The van der Waals surface area contributed by atoms with Crippen LogP contribution in [0.2, 0.25) is 5.02 Å². The molecule has 0 saturated carbocycles. The largest absolute Gasteiger partial charge is 0.495 e. The zero-order valence-electron chi connectivity index (χ0n) is 10.4. The van der Waals surface area contributed by atoms with Gasteiger partial charge in [0.1, 0.15) is 5.75 Å². The number of nitrogens with one attached hydrogen (secondary N) is 1. The van der Waals surface area contributed by atoms with Crippen LogP contribution in [0.3, 0.4) is 0 Å². The third kappa shape index (κ3) is 4.32. The van der Waals surface area contributed by atoms with Crippen LogP contribution in [0.4, 0.5) is 0 Å². The molecular weight excluding hydrogens is 273 g/mol. The van der Waals surface area contributed by atoms with Gasteiger partial charge in [0.05, 0.1) is 18.2 Å². The Morgan fingerprint density at radius 3 is 2.94 bits per heavy atom. The number of ether oxygens (including phenoxy) is 2. The predicted molar refractivity (Wildman–Crippen MR) is 75.9 cm³/mol. The van der Waals surface area contributed by atoms with E-state index in [0.717, 1.165) is 37.4 Å². The summed E-state index contributed by atoms with van der Waals surface area (Å²) in [5.41, 5.74) is 1.16. The zero-order chi connectivity index (χ0) is 12.1. The summed E-state index contributed by atoms with van der Waals surface area (Å²) in [7, 11) is 1.62. The summed E-state index contributed by atoms with van der Waals surface area (Å²) in [5.74, 6) is 0.717. The zero-order valence-corrected chi connectivity index (χ0v) is 12.0. The smallest absolute Gasteiger partial charge is 0.137 e. The van der Waals surface area contributed by atoms with Gasteiger partial charge in [0, 0.05) is 19.7 Å². The molecule has 1 heterocycles. The van der Waals surface area contributed by atoms with E-state index < -0.39 is 0 Å². The number of halogens is 2. The van der Waals surface area contributed by atoms with Crippen molar-refractivity contribution in [3.8, 4) is 5.75 Å². The highest BCUT2D eigenvalue weighted by molar-refractivity contribution is 6.32. The molecule has 0 aliphatic carbocycles. The number of hydrogen-bond donors (Lipinski definition) is 1. The van der Waals surface area contributed by atoms with Crippen LogP contribution in [0.5, 0.6) is 5.75 Å². The van der Waals surface area contributed by atoms with Gasteiger partial charge < -0.3 is 14.8 Å². The lowest BCUT2D eigenvalue weighted by Crippen LogP contribution is -2.25. The van der Waals surface area contributed by atoms with Crippen molar-refractivity contribution in [3.05, 3.63) is 28.8 Å². The Labute approximate surface area is 119 Å². The second-order valence-electron chi connectivity index (χ2n) is 4.23. The Kier molecular flexibility index (Phi) is 6.79. The topological polar surface area (TPSA) is 30.5 Å². The lowest BCUT2D eigenvalue weighted by Gasteiger charge is -2.11. The summed E-state index contributed by atoms with van der Waals surface area (Å²) in [5, 5.41) is 4.04. The lowest BCUT2D eigenvalue weighted by atomic mass is 10.2. The molecule has 1 N–H and O–H groups in total. The van der Waals surface area contributed by atoms with Crippen LogP contribution < -0.4 is 10.1 Å². The Morgan fingerprint density at radius 2 is 2.33 bits per heavy atom. The van der Waals surface area contributed by atoms with Gasteiger partial charge in [0.25, 0.3) is 0 Å². The molecule has 0 spiro atoms. The van der Waals surface area contributed by atoms with Gasteiger partial charge in [-0.05, 0) is 30.5 Å².